The van der Waals surface area contributed by atoms with E-state index in [1.807, 2.05) is 6.92 Å². The summed E-state index contributed by atoms with van der Waals surface area (Å²) in [5.41, 5.74) is 0.987. The summed E-state index contributed by atoms with van der Waals surface area (Å²) >= 11 is 0. The van der Waals surface area contributed by atoms with Crippen LogP contribution in [0, 0.1) is 6.92 Å². The third-order valence-electron chi connectivity index (χ3n) is 3.88. The first-order valence-corrected chi connectivity index (χ1v) is 9.32. The maximum Gasteiger partial charge on any atom is 0.243 e. The summed E-state index contributed by atoms with van der Waals surface area (Å²) in [6, 6.07) is 6.63. The predicted molar refractivity (Wildman–Crippen MR) is 87.6 cm³/mol. The molecule has 1 heterocycles. The third-order valence-corrected chi connectivity index (χ3v) is 5.82. The monoisotopic (exact) mass is 340 g/mol. The Kier molecular flexibility index (Phi) is 6.15. The Hall–Kier alpha value is -1.44. The highest BCUT2D eigenvalue weighted by Crippen LogP contribution is 2.16. The summed E-state index contributed by atoms with van der Waals surface area (Å²) in [6.07, 6.45) is 1.98. The number of likely N-dealkylation sites (N-methyl/N-ethyl adjacent to an activating group) is 1. The van der Waals surface area contributed by atoms with Gasteiger partial charge in [-0.05, 0) is 31.9 Å². The van der Waals surface area contributed by atoms with Gasteiger partial charge in [-0.15, -0.1) is 0 Å². The second kappa shape index (κ2) is 7.90. The Balaban J connectivity index is 1.97. The van der Waals surface area contributed by atoms with Gasteiger partial charge in [-0.3, -0.25) is 4.79 Å². The maximum absolute atomic E-state index is 12.6. The summed E-state index contributed by atoms with van der Waals surface area (Å²) in [5.74, 6) is -0.307. The number of amides is 1. The molecule has 1 amide bonds. The molecule has 1 aliphatic rings. The molecule has 1 aromatic rings. The van der Waals surface area contributed by atoms with Crippen molar-refractivity contribution in [3.05, 3.63) is 29.8 Å². The van der Waals surface area contributed by atoms with Gasteiger partial charge in [0.2, 0.25) is 15.9 Å². The van der Waals surface area contributed by atoms with Crippen molar-refractivity contribution in [3.63, 3.8) is 0 Å². The van der Waals surface area contributed by atoms with Crippen LogP contribution in [0.25, 0.3) is 0 Å². The Morgan fingerprint density at radius 3 is 2.61 bits per heavy atom. The number of carbonyl (C=O) groups excluding carboxylic acids is 1. The molecule has 7 heteroatoms. The van der Waals surface area contributed by atoms with E-state index in [-0.39, 0.29) is 30.0 Å². The van der Waals surface area contributed by atoms with E-state index in [0.29, 0.717) is 6.54 Å². The molecule has 6 nitrogen and oxygen atoms in total. The van der Waals surface area contributed by atoms with E-state index >= 15 is 0 Å². The van der Waals surface area contributed by atoms with Crippen LogP contribution in [-0.4, -0.2) is 51.0 Å². The van der Waals surface area contributed by atoms with E-state index in [1.165, 1.54) is 4.31 Å². The zero-order valence-corrected chi connectivity index (χ0v) is 14.4. The quantitative estimate of drug-likeness (QED) is 0.812. The van der Waals surface area contributed by atoms with E-state index in [2.05, 4.69) is 5.32 Å². The molecule has 0 aliphatic carbocycles. The van der Waals surface area contributed by atoms with Gasteiger partial charge in [-0.2, -0.15) is 4.31 Å². The van der Waals surface area contributed by atoms with Crippen LogP contribution in [0.3, 0.4) is 0 Å². The van der Waals surface area contributed by atoms with Crippen LogP contribution >= 0.6 is 0 Å². The first kappa shape index (κ1) is 17.9. The van der Waals surface area contributed by atoms with Crippen molar-refractivity contribution in [2.45, 2.75) is 37.7 Å². The number of ether oxygens (including phenoxy) is 1. The number of rotatable bonds is 7. The second-order valence-corrected chi connectivity index (χ2v) is 7.62. The van der Waals surface area contributed by atoms with Gasteiger partial charge in [0, 0.05) is 19.7 Å². The summed E-state index contributed by atoms with van der Waals surface area (Å²) in [6.45, 7) is 4.83. The van der Waals surface area contributed by atoms with Gasteiger partial charge in [0.15, 0.2) is 0 Å². The van der Waals surface area contributed by atoms with Crippen molar-refractivity contribution in [1.82, 2.24) is 9.62 Å². The minimum atomic E-state index is -3.66. The van der Waals surface area contributed by atoms with Gasteiger partial charge in [0.25, 0.3) is 0 Å². The zero-order chi connectivity index (χ0) is 16.9. The average Bonchev–Trinajstić information content (AvgIpc) is 3.04. The number of aryl methyl sites for hydroxylation is 1. The molecule has 128 valence electrons. The van der Waals surface area contributed by atoms with Crippen molar-refractivity contribution >= 4 is 15.9 Å². The minimum absolute atomic E-state index is 0.0442. The van der Waals surface area contributed by atoms with Gasteiger partial charge in [0.1, 0.15) is 0 Å². The maximum atomic E-state index is 12.6. The highest BCUT2D eigenvalue weighted by atomic mass is 32.2. The molecule has 0 aromatic heterocycles. The molecule has 0 saturated carbocycles. The second-order valence-electron chi connectivity index (χ2n) is 5.68. The first-order valence-electron chi connectivity index (χ1n) is 7.88. The third kappa shape index (κ3) is 4.76. The van der Waals surface area contributed by atoms with Crippen molar-refractivity contribution in [1.29, 1.82) is 0 Å². The standard InChI is InChI=1S/C16H24N2O4S/c1-3-18(12-16(19)17-11-14-5-4-10-22-14)23(20,21)15-8-6-13(2)7-9-15/h6-9,14H,3-5,10-12H2,1-2H3,(H,17,19)/t14-/m0/s1. The number of nitrogens with zero attached hydrogens (tertiary/aromatic N) is 1. The summed E-state index contributed by atoms with van der Waals surface area (Å²) in [5, 5.41) is 2.75. The smallest absolute Gasteiger partial charge is 0.243 e. The molecule has 1 atom stereocenters. The van der Waals surface area contributed by atoms with Crippen LogP contribution in [0.4, 0.5) is 0 Å². The Morgan fingerprint density at radius 1 is 1.35 bits per heavy atom. The van der Waals surface area contributed by atoms with E-state index in [9.17, 15) is 13.2 Å². The van der Waals surface area contributed by atoms with E-state index in [4.69, 9.17) is 4.74 Å². The Labute approximate surface area is 137 Å². The lowest BCUT2D eigenvalue weighted by Crippen LogP contribution is -2.42. The molecule has 0 unspecified atom stereocenters. The lowest BCUT2D eigenvalue weighted by molar-refractivity contribution is -0.121. The molecule has 1 N–H and O–H groups in total. The Bertz CT molecular complexity index is 622. The molecule has 1 fully saturated rings. The van der Waals surface area contributed by atoms with Gasteiger partial charge in [0.05, 0.1) is 17.5 Å². The lowest BCUT2D eigenvalue weighted by atomic mass is 10.2. The van der Waals surface area contributed by atoms with Crippen molar-refractivity contribution in [3.8, 4) is 0 Å². The number of carbonyl (C=O) groups is 1. The van der Waals surface area contributed by atoms with Crippen LogP contribution in [0.1, 0.15) is 25.3 Å². The molecular formula is C16H24N2O4S. The molecular weight excluding hydrogens is 316 g/mol. The zero-order valence-electron chi connectivity index (χ0n) is 13.6. The van der Waals surface area contributed by atoms with E-state index in [0.717, 1.165) is 25.0 Å². The molecule has 23 heavy (non-hydrogen) atoms. The van der Waals surface area contributed by atoms with Gasteiger partial charge >= 0.3 is 0 Å². The number of nitrogens with one attached hydrogen (secondary N) is 1. The largest absolute Gasteiger partial charge is 0.376 e. The topological polar surface area (TPSA) is 75.7 Å². The highest BCUT2D eigenvalue weighted by molar-refractivity contribution is 7.89. The molecule has 0 spiro atoms. The molecule has 0 bridgehead atoms. The molecule has 0 radical (unpaired) electrons. The number of sulfonamides is 1. The van der Waals surface area contributed by atoms with Crippen molar-refractivity contribution < 1.29 is 17.9 Å². The van der Waals surface area contributed by atoms with E-state index in [1.54, 1.807) is 31.2 Å². The fourth-order valence-electron chi connectivity index (χ4n) is 2.48. The van der Waals surface area contributed by atoms with Crippen LogP contribution in [-0.2, 0) is 19.6 Å². The molecule has 2 rings (SSSR count). The van der Waals surface area contributed by atoms with Gasteiger partial charge in [-0.25, -0.2) is 8.42 Å². The summed E-state index contributed by atoms with van der Waals surface area (Å²) in [4.78, 5) is 12.2. The first-order chi connectivity index (χ1) is 10.9. The summed E-state index contributed by atoms with van der Waals surface area (Å²) in [7, 11) is -3.66. The molecule has 1 aromatic carbocycles. The van der Waals surface area contributed by atoms with Crippen LogP contribution in [0.2, 0.25) is 0 Å². The SMILES string of the molecule is CCN(CC(=O)NC[C@@H]1CCCO1)S(=O)(=O)c1ccc(C)cc1. The highest BCUT2D eigenvalue weighted by Gasteiger charge is 2.25. The minimum Gasteiger partial charge on any atom is -0.376 e. The van der Waals surface area contributed by atoms with Crippen LogP contribution in [0.5, 0.6) is 0 Å². The fourth-order valence-corrected chi connectivity index (χ4v) is 3.88. The normalized spacial score (nSPS) is 18.3. The van der Waals surface area contributed by atoms with Crippen LogP contribution < -0.4 is 5.32 Å². The van der Waals surface area contributed by atoms with Gasteiger partial charge < -0.3 is 10.1 Å². The fraction of sp³-hybridized carbons (Fsp3) is 0.562. The number of benzene rings is 1. The van der Waals surface area contributed by atoms with Crippen molar-refractivity contribution in [2.75, 3.05) is 26.2 Å². The number of hydrogen-bond acceptors (Lipinski definition) is 4. The van der Waals surface area contributed by atoms with E-state index < -0.39 is 10.0 Å². The Morgan fingerprint density at radius 2 is 2.04 bits per heavy atom. The number of hydrogen-bond donors (Lipinski definition) is 1. The summed E-state index contributed by atoms with van der Waals surface area (Å²) < 4.78 is 31.8. The molecule has 1 aliphatic heterocycles. The van der Waals surface area contributed by atoms with Gasteiger partial charge in [-0.1, -0.05) is 24.6 Å². The predicted octanol–water partition coefficient (Wildman–Crippen LogP) is 1.30. The molecule has 1 saturated heterocycles. The lowest BCUT2D eigenvalue weighted by Gasteiger charge is -2.20. The average molecular weight is 340 g/mol. The van der Waals surface area contributed by atoms with Crippen molar-refractivity contribution in [2.24, 2.45) is 0 Å². The van der Waals surface area contributed by atoms with Crippen LogP contribution in [0.15, 0.2) is 29.2 Å².